The zero-order valence-electron chi connectivity index (χ0n) is 10.8. The third kappa shape index (κ3) is 4.40. The summed E-state index contributed by atoms with van der Waals surface area (Å²) < 4.78 is 26.0. The van der Waals surface area contributed by atoms with Gasteiger partial charge in [-0.15, -0.1) is 0 Å². The SMILES string of the molecule is CCC(C#N)S(=O)(=O)Nc1ccc(C=CC(=O)O)cc1. The molecule has 0 spiro atoms. The summed E-state index contributed by atoms with van der Waals surface area (Å²) in [4.78, 5) is 10.4. The third-order valence-corrected chi connectivity index (χ3v) is 4.19. The Kier molecular flexibility index (Phi) is 5.29. The molecule has 0 saturated heterocycles. The van der Waals surface area contributed by atoms with Crippen LogP contribution < -0.4 is 4.72 Å². The van der Waals surface area contributed by atoms with Crippen molar-refractivity contribution in [3.05, 3.63) is 35.9 Å². The molecule has 0 heterocycles. The Hall–Kier alpha value is -2.33. The molecule has 0 aliphatic carbocycles. The zero-order valence-corrected chi connectivity index (χ0v) is 11.6. The molecule has 106 valence electrons. The number of hydrogen-bond acceptors (Lipinski definition) is 4. The van der Waals surface area contributed by atoms with Crippen LogP contribution in [0.3, 0.4) is 0 Å². The topological polar surface area (TPSA) is 107 Å². The lowest BCUT2D eigenvalue weighted by Gasteiger charge is -2.11. The van der Waals surface area contributed by atoms with Gasteiger partial charge < -0.3 is 5.11 Å². The fraction of sp³-hybridized carbons (Fsp3) is 0.231. The molecule has 2 N–H and O–H groups in total. The summed E-state index contributed by atoms with van der Waals surface area (Å²) in [6, 6.07) is 7.88. The van der Waals surface area contributed by atoms with Crippen LogP contribution in [0.15, 0.2) is 30.3 Å². The fourth-order valence-electron chi connectivity index (χ4n) is 1.45. The van der Waals surface area contributed by atoms with E-state index in [1.165, 1.54) is 18.2 Å². The van der Waals surface area contributed by atoms with Crippen LogP contribution in [0.1, 0.15) is 18.9 Å². The van der Waals surface area contributed by atoms with Crippen molar-refractivity contribution in [1.82, 2.24) is 0 Å². The minimum Gasteiger partial charge on any atom is -0.478 e. The summed E-state index contributed by atoms with van der Waals surface area (Å²) >= 11 is 0. The molecule has 6 nitrogen and oxygen atoms in total. The molecule has 7 heteroatoms. The number of benzene rings is 1. The van der Waals surface area contributed by atoms with Gasteiger partial charge in [0.2, 0.25) is 10.0 Å². The molecule has 1 aromatic rings. The lowest BCUT2D eigenvalue weighted by Crippen LogP contribution is -2.25. The van der Waals surface area contributed by atoms with Gasteiger partial charge >= 0.3 is 5.97 Å². The van der Waals surface area contributed by atoms with E-state index in [1.54, 1.807) is 25.1 Å². The van der Waals surface area contributed by atoms with Crippen molar-refractivity contribution in [2.45, 2.75) is 18.6 Å². The van der Waals surface area contributed by atoms with Crippen LogP contribution in [0.25, 0.3) is 6.08 Å². The molecule has 0 saturated carbocycles. The quantitative estimate of drug-likeness (QED) is 0.778. The summed E-state index contributed by atoms with van der Waals surface area (Å²) in [6.07, 6.45) is 2.58. The molecule has 0 fully saturated rings. The van der Waals surface area contributed by atoms with Crippen LogP contribution in [0, 0.1) is 11.3 Å². The first kappa shape index (κ1) is 15.7. The number of rotatable bonds is 6. The van der Waals surface area contributed by atoms with Gasteiger partial charge in [0, 0.05) is 11.8 Å². The van der Waals surface area contributed by atoms with Gasteiger partial charge in [0.05, 0.1) is 6.07 Å². The lowest BCUT2D eigenvalue weighted by atomic mass is 10.2. The third-order valence-electron chi connectivity index (χ3n) is 2.48. The highest BCUT2D eigenvalue weighted by Crippen LogP contribution is 2.15. The smallest absolute Gasteiger partial charge is 0.328 e. The molecular weight excluding hydrogens is 280 g/mol. The Labute approximate surface area is 117 Å². The van der Waals surface area contributed by atoms with Crippen LogP contribution in [-0.4, -0.2) is 24.7 Å². The van der Waals surface area contributed by atoms with Crippen molar-refractivity contribution >= 4 is 27.8 Å². The molecule has 20 heavy (non-hydrogen) atoms. The van der Waals surface area contributed by atoms with Crippen molar-refractivity contribution in [2.24, 2.45) is 0 Å². The van der Waals surface area contributed by atoms with Crippen LogP contribution in [0.2, 0.25) is 0 Å². The highest BCUT2D eigenvalue weighted by Gasteiger charge is 2.23. The maximum absolute atomic E-state index is 11.8. The second-order valence-electron chi connectivity index (χ2n) is 3.97. The molecule has 0 bridgehead atoms. The predicted octanol–water partition coefficient (Wildman–Crippen LogP) is 1.83. The minimum absolute atomic E-state index is 0.200. The van der Waals surface area contributed by atoms with Crippen molar-refractivity contribution in [3.63, 3.8) is 0 Å². The van der Waals surface area contributed by atoms with Gasteiger partial charge in [-0.25, -0.2) is 13.2 Å². The van der Waals surface area contributed by atoms with Crippen LogP contribution >= 0.6 is 0 Å². The average Bonchev–Trinajstić information content (AvgIpc) is 2.38. The standard InChI is InChI=1S/C13H14N2O4S/c1-2-12(9-14)20(18,19)15-11-6-3-10(4-7-11)5-8-13(16)17/h3-8,12,15H,2H2,1H3,(H,16,17). The highest BCUT2D eigenvalue weighted by molar-refractivity contribution is 7.93. The molecular formula is C13H14N2O4S. The first-order valence-electron chi connectivity index (χ1n) is 5.81. The Morgan fingerprint density at radius 1 is 1.45 bits per heavy atom. The zero-order chi connectivity index (χ0) is 15.2. The number of aliphatic carboxylic acids is 1. The molecule has 1 aromatic carbocycles. The van der Waals surface area contributed by atoms with Gasteiger partial charge in [-0.05, 0) is 30.2 Å². The van der Waals surface area contributed by atoms with E-state index in [9.17, 15) is 13.2 Å². The molecule has 1 unspecified atom stereocenters. The second-order valence-corrected chi connectivity index (χ2v) is 5.83. The summed E-state index contributed by atoms with van der Waals surface area (Å²) in [7, 11) is -3.74. The maximum Gasteiger partial charge on any atom is 0.328 e. The van der Waals surface area contributed by atoms with Gasteiger partial charge in [0.1, 0.15) is 0 Å². The summed E-state index contributed by atoms with van der Waals surface area (Å²) in [5, 5.41) is 16.2. The molecule has 0 aromatic heterocycles. The van der Waals surface area contributed by atoms with E-state index in [0.717, 1.165) is 6.08 Å². The Morgan fingerprint density at radius 2 is 2.05 bits per heavy atom. The highest BCUT2D eigenvalue weighted by atomic mass is 32.2. The number of carbonyl (C=O) groups is 1. The van der Waals surface area contributed by atoms with E-state index in [1.807, 2.05) is 0 Å². The maximum atomic E-state index is 11.8. The lowest BCUT2D eigenvalue weighted by molar-refractivity contribution is -0.131. The van der Waals surface area contributed by atoms with Crippen LogP contribution in [0.5, 0.6) is 0 Å². The Morgan fingerprint density at radius 3 is 2.50 bits per heavy atom. The predicted molar refractivity (Wildman–Crippen MR) is 75.3 cm³/mol. The van der Waals surface area contributed by atoms with E-state index in [2.05, 4.69) is 4.72 Å². The molecule has 0 amide bonds. The molecule has 1 rings (SSSR count). The number of carboxylic acid groups (broad SMARTS) is 1. The Bertz CT molecular complexity index is 642. The van der Waals surface area contributed by atoms with Gasteiger partial charge in [0.25, 0.3) is 0 Å². The second kappa shape index (κ2) is 6.73. The average molecular weight is 294 g/mol. The van der Waals surface area contributed by atoms with Crippen LogP contribution in [0.4, 0.5) is 5.69 Å². The number of sulfonamides is 1. The van der Waals surface area contributed by atoms with Crippen molar-refractivity contribution < 1.29 is 18.3 Å². The van der Waals surface area contributed by atoms with E-state index in [-0.39, 0.29) is 6.42 Å². The van der Waals surface area contributed by atoms with E-state index in [4.69, 9.17) is 10.4 Å². The largest absolute Gasteiger partial charge is 0.478 e. The van der Waals surface area contributed by atoms with E-state index >= 15 is 0 Å². The van der Waals surface area contributed by atoms with Gasteiger partial charge in [-0.3, -0.25) is 4.72 Å². The number of carboxylic acids is 1. The van der Waals surface area contributed by atoms with Gasteiger partial charge in [-0.1, -0.05) is 19.1 Å². The van der Waals surface area contributed by atoms with Gasteiger partial charge in [-0.2, -0.15) is 5.26 Å². The summed E-state index contributed by atoms with van der Waals surface area (Å²) in [5.74, 6) is -1.06. The first-order valence-corrected chi connectivity index (χ1v) is 7.36. The van der Waals surface area contributed by atoms with Crippen molar-refractivity contribution in [2.75, 3.05) is 4.72 Å². The van der Waals surface area contributed by atoms with E-state index in [0.29, 0.717) is 11.3 Å². The van der Waals surface area contributed by atoms with Crippen molar-refractivity contribution in [1.29, 1.82) is 5.26 Å². The van der Waals surface area contributed by atoms with Gasteiger partial charge in [0.15, 0.2) is 5.25 Å². The fourth-order valence-corrected chi connectivity index (χ4v) is 2.63. The molecule has 0 radical (unpaired) electrons. The molecule has 1 atom stereocenters. The first-order chi connectivity index (χ1) is 9.39. The number of hydrogen-bond donors (Lipinski definition) is 2. The summed E-state index contributed by atoms with van der Waals surface area (Å²) in [5.41, 5.74) is 0.953. The Balaban J connectivity index is 2.86. The number of nitrogens with zero attached hydrogens (tertiary/aromatic N) is 1. The van der Waals surface area contributed by atoms with E-state index < -0.39 is 21.2 Å². The van der Waals surface area contributed by atoms with Crippen molar-refractivity contribution in [3.8, 4) is 6.07 Å². The normalized spacial score (nSPS) is 12.8. The number of anilines is 1. The summed E-state index contributed by atoms with van der Waals surface area (Å²) in [6.45, 7) is 1.62. The molecule has 0 aliphatic heterocycles. The number of nitrogens with one attached hydrogen (secondary N) is 1. The molecule has 0 aliphatic rings. The monoisotopic (exact) mass is 294 g/mol. The minimum atomic E-state index is -3.74. The van der Waals surface area contributed by atoms with Crippen LogP contribution in [-0.2, 0) is 14.8 Å². The number of nitriles is 1.